The number of rotatable bonds is 4. The van der Waals surface area contributed by atoms with Crippen LogP contribution in [0.5, 0.6) is 0 Å². The van der Waals surface area contributed by atoms with Gasteiger partial charge in [0.15, 0.2) is 0 Å². The lowest BCUT2D eigenvalue weighted by Gasteiger charge is -2.09. The third-order valence-electron chi connectivity index (χ3n) is 8.15. The standard InChI is InChI=1S/C10H9NO2.C10H11NO2.C9H9NO2.C6H11NO2/c12-10-11-9-7-4-2-1-3-6(7)5-8(9)13-10;12-10-11-9(7-13-10)6-8-4-2-1-3-5-8;11-9-10-8(6-12-9)7-4-2-1-3-5-7;1-4(2)5-3-9-6(8)7-5/h1-4,8-9H,5H2,(H,11,12);1-5,9H,6-7H2,(H,11,12);1-5,8H,6H2,(H,10,11);4-5H,3H2,1-2H3,(H,7,8)/t8-,9+;9-;8-;5-/m1011/s1. The second-order valence-corrected chi connectivity index (χ2v) is 11.9. The van der Waals surface area contributed by atoms with Crippen LogP contribution in [0.25, 0.3) is 0 Å². The minimum Gasteiger partial charge on any atom is -0.447 e. The Bertz CT molecular complexity index is 1520. The summed E-state index contributed by atoms with van der Waals surface area (Å²) in [4.78, 5) is 42.8. The van der Waals surface area contributed by atoms with Crippen molar-refractivity contribution in [3.05, 3.63) is 107 Å². The van der Waals surface area contributed by atoms with Crippen molar-refractivity contribution < 1.29 is 38.1 Å². The van der Waals surface area contributed by atoms with E-state index < -0.39 is 0 Å². The van der Waals surface area contributed by atoms with Gasteiger partial charge in [-0.05, 0) is 34.6 Å². The minimum atomic E-state index is -0.330. The second kappa shape index (κ2) is 15.8. The first-order chi connectivity index (χ1) is 22.7. The number of benzene rings is 3. The smallest absolute Gasteiger partial charge is 0.408 e. The van der Waals surface area contributed by atoms with E-state index in [2.05, 4.69) is 52.0 Å². The fraction of sp³-hybridized carbons (Fsp3) is 0.371. The van der Waals surface area contributed by atoms with Crippen LogP contribution >= 0.6 is 0 Å². The maximum Gasteiger partial charge on any atom is 0.408 e. The third-order valence-corrected chi connectivity index (χ3v) is 8.15. The average Bonchev–Trinajstić information content (AvgIpc) is 3.91. The molecule has 4 N–H and O–H groups in total. The Labute approximate surface area is 273 Å². The summed E-state index contributed by atoms with van der Waals surface area (Å²) in [5, 5.41) is 11.0. The molecule has 4 fully saturated rings. The lowest BCUT2D eigenvalue weighted by atomic mass is 10.1. The fourth-order valence-corrected chi connectivity index (χ4v) is 5.58. The molecule has 47 heavy (non-hydrogen) atoms. The SMILES string of the molecule is CC(C)[C@H]1COC(=O)N1.O=C1N[C@@H](Cc2ccccc2)CO1.O=C1N[C@@H](c2ccccc2)CO1.O=C1N[C@H]2c3ccccc3C[C@H]2O1. The van der Waals surface area contributed by atoms with E-state index in [4.69, 9.17) is 14.2 Å². The van der Waals surface area contributed by atoms with Gasteiger partial charge in [0.2, 0.25) is 0 Å². The van der Waals surface area contributed by atoms with Crippen LogP contribution in [0.15, 0.2) is 84.9 Å². The van der Waals surface area contributed by atoms with Crippen LogP contribution in [-0.2, 0) is 31.8 Å². The molecule has 8 rings (SSSR count). The molecule has 3 aromatic rings. The summed E-state index contributed by atoms with van der Waals surface area (Å²) in [6, 6.07) is 28.4. The molecule has 0 radical (unpaired) electrons. The molecule has 0 saturated carbocycles. The summed E-state index contributed by atoms with van der Waals surface area (Å²) < 4.78 is 19.4. The highest BCUT2D eigenvalue weighted by molar-refractivity contribution is 5.72. The number of hydrogen-bond donors (Lipinski definition) is 4. The fourth-order valence-electron chi connectivity index (χ4n) is 5.58. The van der Waals surface area contributed by atoms with Gasteiger partial charge in [0, 0.05) is 6.42 Å². The molecule has 0 unspecified atom stereocenters. The number of carbonyl (C=O) groups is 4. The van der Waals surface area contributed by atoms with E-state index in [0.29, 0.717) is 25.7 Å². The summed E-state index contributed by atoms with van der Waals surface area (Å²) in [5.41, 5.74) is 4.80. The summed E-state index contributed by atoms with van der Waals surface area (Å²) in [6.07, 6.45) is 0.500. The van der Waals surface area contributed by atoms with E-state index in [1.807, 2.05) is 72.8 Å². The van der Waals surface area contributed by atoms with Gasteiger partial charge in [0.25, 0.3) is 0 Å². The zero-order valence-corrected chi connectivity index (χ0v) is 26.3. The van der Waals surface area contributed by atoms with Crippen molar-refractivity contribution in [1.29, 1.82) is 0 Å². The molecule has 3 aromatic carbocycles. The number of nitrogens with one attached hydrogen (secondary N) is 4. The Morgan fingerprint density at radius 3 is 1.87 bits per heavy atom. The lowest BCUT2D eigenvalue weighted by molar-refractivity contribution is 0.136. The summed E-state index contributed by atoms with van der Waals surface area (Å²) in [7, 11) is 0. The van der Waals surface area contributed by atoms with Crippen LogP contribution < -0.4 is 21.3 Å². The van der Waals surface area contributed by atoms with E-state index in [9.17, 15) is 19.2 Å². The van der Waals surface area contributed by atoms with Gasteiger partial charge in [-0.1, -0.05) is 98.8 Å². The van der Waals surface area contributed by atoms with Crippen LogP contribution in [0.3, 0.4) is 0 Å². The molecule has 5 aliphatic rings. The topological polar surface area (TPSA) is 153 Å². The number of fused-ring (bicyclic) bond motifs is 3. The molecular weight excluding hydrogens is 604 g/mol. The Kier molecular flexibility index (Phi) is 11.2. The number of alkyl carbamates (subject to hydrolysis) is 4. The maximum atomic E-state index is 10.9. The molecule has 4 amide bonds. The Balaban J connectivity index is 0.000000124. The minimum absolute atomic E-state index is 0.0184. The van der Waals surface area contributed by atoms with Gasteiger partial charge in [0.1, 0.15) is 25.9 Å². The van der Waals surface area contributed by atoms with Crippen molar-refractivity contribution in [3.8, 4) is 0 Å². The van der Waals surface area contributed by atoms with E-state index in [1.165, 1.54) is 16.7 Å². The van der Waals surface area contributed by atoms with Gasteiger partial charge < -0.3 is 40.2 Å². The molecule has 248 valence electrons. The van der Waals surface area contributed by atoms with Crippen molar-refractivity contribution in [2.24, 2.45) is 5.92 Å². The van der Waals surface area contributed by atoms with Crippen LogP contribution in [0.2, 0.25) is 0 Å². The summed E-state index contributed by atoms with van der Waals surface area (Å²) >= 11 is 0. The number of cyclic esters (lactones) is 3. The van der Waals surface area contributed by atoms with Gasteiger partial charge in [0.05, 0.1) is 24.2 Å². The van der Waals surface area contributed by atoms with Crippen LogP contribution in [-0.4, -0.2) is 62.4 Å². The van der Waals surface area contributed by atoms with Gasteiger partial charge in [-0.3, -0.25) is 0 Å². The number of amides is 4. The van der Waals surface area contributed by atoms with Crippen molar-refractivity contribution in [2.75, 3.05) is 19.8 Å². The predicted molar refractivity (Wildman–Crippen MR) is 171 cm³/mol. The predicted octanol–water partition coefficient (Wildman–Crippen LogP) is 4.95. The molecule has 12 heteroatoms. The molecule has 4 heterocycles. The van der Waals surface area contributed by atoms with Gasteiger partial charge in [-0.2, -0.15) is 0 Å². The highest BCUT2D eigenvalue weighted by atomic mass is 16.6. The third kappa shape index (κ3) is 9.38. The molecule has 4 aliphatic heterocycles. The summed E-state index contributed by atoms with van der Waals surface area (Å²) in [6.45, 7) is 5.55. The molecule has 5 atom stereocenters. The van der Waals surface area contributed by atoms with Crippen LogP contribution in [0.1, 0.15) is 48.2 Å². The maximum absolute atomic E-state index is 10.9. The van der Waals surface area contributed by atoms with Crippen LogP contribution in [0.4, 0.5) is 19.2 Å². The normalized spacial score (nSPS) is 24.4. The zero-order valence-electron chi connectivity index (χ0n) is 26.3. The van der Waals surface area contributed by atoms with E-state index in [-0.39, 0.29) is 54.6 Å². The van der Waals surface area contributed by atoms with E-state index >= 15 is 0 Å². The number of hydrogen-bond acceptors (Lipinski definition) is 8. The largest absolute Gasteiger partial charge is 0.447 e. The summed E-state index contributed by atoms with van der Waals surface area (Å²) in [5.74, 6) is 0.469. The average molecular weight is 645 g/mol. The van der Waals surface area contributed by atoms with Crippen molar-refractivity contribution >= 4 is 24.4 Å². The van der Waals surface area contributed by atoms with Crippen molar-refractivity contribution in [2.45, 2.75) is 57.0 Å². The quantitative estimate of drug-likeness (QED) is 0.291. The molecule has 4 saturated heterocycles. The first-order valence-corrected chi connectivity index (χ1v) is 15.7. The number of ether oxygens (including phenoxy) is 4. The van der Waals surface area contributed by atoms with Gasteiger partial charge in [-0.25, -0.2) is 19.2 Å². The lowest BCUT2D eigenvalue weighted by Crippen LogP contribution is -2.30. The second-order valence-electron chi connectivity index (χ2n) is 11.9. The van der Waals surface area contributed by atoms with Crippen LogP contribution in [0, 0.1) is 5.92 Å². The van der Waals surface area contributed by atoms with E-state index in [0.717, 1.165) is 18.4 Å². The monoisotopic (exact) mass is 644 g/mol. The number of carbonyl (C=O) groups excluding carboxylic acids is 4. The first-order valence-electron chi connectivity index (χ1n) is 15.7. The highest BCUT2D eigenvalue weighted by Crippen LogP contribution is 2.36. The molecule has 0 bridgehead atoms. The highest BCUT2D eigenvalue weighted by Gasteiger charge is 2.41. The van der Waals surface area contributed by atoms with Crippen molar-refractivity contribution in [3.63, 3.8) is 0 Å². The molecular formula is C35H40N4O8. The van der Waals surface area contributed by atoms with Crippen molar-refractivity contribution in [1.82, 2.24) is 21.3 Å². The Hall–Kier alpha value is -5.26. The van der Waals surface area contributed by atoms with Gasteiger partial charge in [-0.15, -0.1) is 0 Å². The zero-order chi connectivity index (χ0) is 33.2. The van der Waals surface area contributed by atoms with Gasteiger partial charge >= 0.3 is 24.4 Å². The molecule has 0 spiro atoms. The molecule has 1 aliphatic carbocycles. The molecule has 0 aromatic heterocycles. The first kappa shape index (κ1) is 33.1. The van der Waals surface area contributed by atoms with E-state index in [1.54, 1.807) is 0 Å². The Morgan fingerprint density at radius 1 is 0.660 bits per heavy atom. The Morgan fingerprint density at radius 2 is 1.28 bits per heavy atom. The molecule has 12 nitrogen and oxygen atoms in total.